The van der Waals surface area contributed by atoms with Crippen LogP contribution in [0.3, 0.4) is 0 Å². The molecule has 30 heavy (non-hydrogen) atoms. The average molecular weight is 415 g/mol. The molecule has 5 heteroatoms. The Balaban J connectivity index is 2.54. The molecule has 0 saturated heterocycles. The van der Waals surface area contributed by atoms with E-state index in [2.05, 4.69) is 10.6 Å². The van der Waals surface area contributed by atoms with Crippen molar-refractivity contribution >= 4 is 17.7 Å². The van der Waals surface area contributed by atoms with Gasteiger partial charge in [0.25, 0.3) is 0 Å². The second kappa shape index (κ2) is 9.88. The highest BCUT2D eigenvalue weighted by Crippen LogP contribution is 2.35. The van der Waals surface area contributed by atoms with Gasteiger partial charge >= 0.3 is 0 Å². The zero-order chi connectivity index (χ0) is 22.6. The summed E-state index contributed by atoms with van der Waals surface area (Å²) >= 11 is 0. The molecule has 0 heterocycles. The summed E-state index contributed by atoms with van der Waals surface area (Å²) in [6.07, 6.45) is 1.89. The van der Waals surface area contributed by atoms with Gasteiger partial charge in [0.15, 0.2) is 0 Å². The van der Waals surface area contributed by atoms with Crippen molar-refractivity contribution in [3.63, 3.8) is 0 Å². The molecular weight excluding hydrogens is 382 g/mol. The third-order valence-corrected chi connectivity index (χ3v) is 4.93. The van der Waals surface area contributed by atoms with E-state index in [9.17, 15) is 4.79 Å². The minimum Gasteiger partial charge on any atom is -0.383 e. The quantitative estimate of drug-likeness (QED) is 0.516. The summed E-state index contributed by atoms with van der Waals surface area (Å²) < 4.78 is 30.7. The number of benzene rings is 2. The third-order valence-electron chi connectivity index (χ3n) is 4.93. The van der Waals surface area contributed by atoms with Gasteiger partial charge < -0.3 is 10.6 Å². The minimum atomic E-state index is -0.503. The van der Waals surface area contributed by atoms with E-state index in [0.29, 0.717) is 17.6 Å². The number of anilines is 1. The van der Waals surface area contributed by atoms with Crippen LogP contribution in [-0.4, -0.2) is 18.0 Å². The Morgan fingerprint density at radius 1 is 0.967 bits per heavy atom. The molecule has 0 aliphatic heterocycles. The van der Waals surface area contributed by atoms with E-state index in [1.54, 1.807) is 26.0 Å². The van der Waals surface area contributed by atoms with Crippen LogP contribution in [0.1, 0.15) is 57.7 Å². The van der Waals surface area contributed by atoms with Gasteiger partial charge in [0.2, 0.25) is 5.91 Å². The summed E-state index contributed by atoms with van der Waals surface area (Å²) in [5.74, 6) is -1.23. The molecule has 0 saturated carbocycles. The first kappa shape index (κ1) is 23.6. The first-order valence-electron chi connectivity index (χ1n) is 10.4. The topological polar surface area (TPSA) is 41.1 Å². The van der Waals surface area contributed by atoms with Crippen LogP contribution in [0, 0.1) is 25.5 Å². The molecule has 0 aliphatic rings. The summed E-state index contributed by atoms with van der Waals surface area (Å²) in [6.45, 7) is 12.7. The highest BCUT2D eigenvalue weighted by atomic mass is 19.1. The fourth-order valence-corrected chi connectivity index (χ4v) is 3.39. The van der Waals surface area contributed by atoms with Crippen molar-refractivity contribution in [2.24, 2.45) is 0 Å². The zero-order valence-corrected chi connectivity index (χ0v) is 18.9. The van der Waals surface area contributed by atoms with Gasteiger partial charge in [-0.15, -0.1) is 0 Å². The lowest BCUT2D eigenvalue weighted by Crippen LogP contribution is -2.31. The Hall–Kier alpha value is -2.69. The highest BCUT2D eigenvalue weighted by Gasteiger charge is 2.21. The Kier molecular flexibility index (Phi) is 7.77. The van der Waals surface area contributed by atoms with Crippen LogP contribution in [0.25, 0.3) is 17.2 Å². The molecule has 0 spiro atoms. The molecule has 3 nitrogen and oxygen atoms in total. The Morgan fingerprint density at radius 2 is 1.57 bits per heavy atom. The van der Waals surface area contributed by atoms with Crippen LogP contribution >= 0.6 is 0 Å². The van der Waals surface area contributed by atoms with Crippen molar-refractivity contribution in [3.8, 4) is 11.1 Å². The molecule has 2 N–H and O–H groups in total. The maximum Gasteiger partial charge on any atom is 0.247 e. The van der Waals surface area contributed by atoms with Gasteiger partial charge in [0.1, 0.15) is 11.6 Å². The Morgan fingerprint density at radius 3 is 2.07 bits per heavy atom. The molecule has 2 rings (SSSR count). The van der Waals surface area contributed by atoms with Crippen LogP contribution in [-0.2, 0) is 4.79 Å². The largest absolute Gasteiger partial charge is 0.383 e. The smallest absolute Gasteiger partial charge is 0.247 e. The van der Waals surface area contributed by atoms with Crippen molar-refractivity contribution in [1.82, 2.24) is 5.32 Å². The molecule has 162 valence electrons. The summed E-state index contributed by atoms with van der Waals surface area (Å²) in [7, 11) is 0. The standard InChI is InChI=1S/C25H32F2N2O/c1-8-18(25(30)29-15(4)5)13-21-16(6)24(27)22(17(7)23(21)26)19-9-11-20(12-10-19)28-14(2)3/h9-15,28H,8H2,1-7H3,(H,29,30). The van der Waals surface area contributed by atoms with E-state index in [4.69, 9.17) is 0 Å². The van der Waals surface area contributed by atoms with Gasteiger partial charge in [-0.05, 0) is 82.9 Å². The normalized spacial score (nSPS) is 11.9. The number of nitrogens with one attached hydrogen (secondary N) is 2. The number of hydrogen-bond acceptors (Lipinski definition) is 2. The second-order valence-corrected chi connectivity index (χ2v) is 8.19. The lowest BCUT2D eigenvalue weighted by Gasteiger charge is -2.17. The number of carbonyl (C=O) groups is 1. The van der Waals surface area contributed by atoms with Crippen LogP contribution < -0.4 is 10.6 Å². The third kappa shape index (κ3) is 5.26. The van der Waals surface area contributed by atoms with Crippen molar-refractivity contribution in [2.45, 2.75) is 67.0 Å². The number of carbonyl (C=O) groups excluding carboxylic acids is 1. The molecule has 0 bridgehead atoms. The van der Waals surface area contributed by atoms with Gasteiger partial charge in [-0.3, -0.25) is 4.79 Å². The van der Waals surface area contributed by atoms with Crippen LogP contribution in [0.2, 0.25) is 0 Å². The lowest BCUT2D eigenvalue weighted by atomic mass is 9.92. The first-order chi connectivity index (χ1) is 14.1. The molecule has 0 fully saturated rings. The summed E-state index contributed by atoms with van der Waals surface area (Å²) in [4.78, 5) is 12.4. The van der Waals surface area contributed by atoms with Gasteiger partial charge in [-0.25, -0.2) is 8.78 Å². The van der Waals surface area contributed by atoms with Crippen LogP contribution in [0.4, 0.5) is 14.5 Å². The fraction of sp³-hybridized carbons (Fsp3) is 0.400. The van der Waals surface area contributed by atoms with Crippen molar-refractivity contribution in [3.05, 3.63) is 58.2 Å². The molecule has 0 aromatic heterocycles. The lowest BCUT2D eigenvalue weighted by molar-refractivity contribution is -0.118. The van der Waals surface area contributed by atoms with E-state index in [0.717, 1.165) is 5.69 Å². The Labute approximate surface area is 178 Å². The van der Waals surface area contributed by atoms with E-state index >= 15 is 8.78 Å². The average Bonchev–Trinajstić information content (AvgIpc) is 2.67. The maximum atomic E-state index is 15.4. The molecule has 0 unspecified atom stereocenters. The fourth-order valence-electron chi connectivity index (χ4n) is 3.39. The predicted molar refractivity (Wildman–Crippen MR) is 122 cm³/mol. The molecular formula is C25H32F2N2O. The number of hydrogen-bond donors (Lipinski definition) is 2. The van der Waals surface area contributed by atoms with Crippen LogP contribution in [0.5, 0.6) is 0 Å². The van der Waals surface area contributed by atoms with E-state index in [1.165, 1.54) is 6.08 Å². The van der Waals surface area contributed by atoms with Crippen molar-refractivity contribution in [2.75, 3.05) is 5.32 Å². The molecule has 2 aromatic carbocycles. The Bertz CT molecular complexity index is 916. The van der Waals surface area contributed by atoms with Crippen molar-refractivity contribution < 1.29 is 13.6 Å². The van der Waals surface area contributed by atoms with Gasteiger partial charge in [-0.2, -0.15) is 0 Å². The van der Waals surface area contributed by atoms with Crippen molar-refractivity contribution in [1.29, 1.82) is 0 Å². The highest BCUT2D eigenvalue weighted by molar-refractivity contribution is 5.98. The first-order valence-corrected chi connectivity index (χ1v) is 10.4. The van der Waals surface area contributed by atoms with Crippen LogP contribution in [0.15, 0.2) is 29.8 Å². The van der Waals surface area contributed by atoms with Gasteiger partial charge in [0.05, 0.1) is 0 Å². The van der Waals surface area contributed by atoms with Gasteiger partial charge in [-0.1, -0.05) is 19.1 Å². The SMILES string of the molecule is CCC(=Cc1c(C)c(F)c(-c2ccc(NC(C)C)cc2)c(C)c1F)C(=O)NC(C)C. The van der Waals surface area contributed by atoms with E-state index in [-0.39, 0.29) is 40.2 Å². The van der Waals surface area contributed by atoms with E-state index < -0.39 is 11.6 Å². The van der Waals surface area contributed by atoms with E-state index in [1.807, 2.05) is 46.8 Å². The molecule has 2 aromatic rings. The minimum absolute atomic E-state index is 0.0348. The monoisotopic (exact) mass is 414 g/mol. The molecule has 0 radical (unpaired) electrons. The molecule has 0 atom stereocenters. The zero-order valence-electron chi connectivity index (χ0n) is 18.9. The second-order valence-electron chi connectivity index (χ2n) is 8.19. The van der Waals surface area contributed by atoms with Gasteiger partial charge in [0, 0.05) is 34.5 Å². The maximum absolute atomic E-state index is 15.4. The number of rotatable bonds is 7. The summed E-state index contributed by atoms with van der Waals surface area (Å²) in [6, 6.07) is 7.55. The number of amides is 1. The summed E-state index contributed by atoms with van der Waals surface area (Å²) in [5.41, 5.74) is 2.76. The molecule has 0 aliphatic carbocycles. The predicted octanol–water partition coefficient (Wildman–Crippen LogP) is 6.39. The summed E-state index contributed by atoms with van der Waals surface area (Å²) in [5, 5.41) is 6.09. The number of halogens is 2. The molecule has 1 amide bonds.